The van der Waals surface area contributed by atoms with Gasteiger partial charge in [0, 0.05) is 41.5 Å². The van der Waals surface area contributed by atoms with E-state index >= 15 is 0 Å². The summed E-state index contributed by atoms with van der Waals surface area (Å²) in [5, 5.41) is 23.5. The molecule has 1 aliphatic rings. The molecule has 2 aromatic heterocycles. The van der Waals surface area contributed by atoms with Crippen LogP contribution in [0.15, 0.2) is 48.7 Å². The van der Waals surface area contributed by atoms with E-state index in [-0.39, 0.29) is 24.2 Å². The number of hydrogen-bond donors (Lipinski definition) is 4. The Bertz CT molecular complexity index is 1510. The van der Waals surface area contributed by atoms with Gasteiger partial charge in [0.2, 0.25) is 0 Å². The minimum absolute atomic E-state index is 0.0623. The largest absolute Gasteiger partial charge is 0.508 e. The Kier molecular flexibility index (Phi) is 6.60. The van der Waals surface area contributed by atoms with E-state index in [0.717, 1.165) is 29.5 Å². The zero-order chi connectivity index (χ0) is 27.0. The summed E-state index contributed by atoms with van der Waals surface area (Å²) in [6.45, 7) is 3.37. The van der Waals surface area contributed by atoms with Gasteiger partial charge in [-0.05, 0) is 56.0 Å². The van der Waals surface area contributed by atoms with Crippen LogP contribution < -0.4 is 16.0 Å². The van der Waals surface area contributed by atoms with Gasteiger partial charge >= 0.3 is 6.18 Å². The average molecular weight is 525 g/mol. The first-order chi connectivity index (χ1) is 18.1. The van der Waals surface area contributed by atoms with Gasteiger partial charge in [-0.25, -0.2) is 9.50 Å². The Hall–Kier alpha value is -4.28. The SMILES string of the molecule is Cc1ccc(O)cc1Nc1cc(NCCC(F)(F)F)c2ncc(-c3ccc(C(=O)NC4CC4)c(C)c3)n2n1. The molecule has 0 unspecified atom stereocenters. The number of alkyl halides is 3. The van der Waals surface area contributed by atoms with E-state index < -0.39 is 12.6 Å². The number of aryl methyl sites for hydroxylation is 2. The number of amides is 1. The van der Waals surface area contributed by atoms with Crippen molar-refractivity contribution in [1.82, 2.24) is 19.9 Å². The van der Waals surface area contributed by atoms with Gasteiger partial charge in [-0.1, -0.05) is 12.1 Å². The van der Waals surface area contributed by atoms with Crippen LogP contribution in [0.3, 0.4) is 0 Å². The number of aromatic hydroxyl groups is 1. The summed E-state index contributed by atoms with van der Waals surface area (Å²) in [5.74, 6) is 0.293. The lowest BCUT2D eigenvalue weighted by molar-refractivity contribution is -0.131. The third-order valence-electron chi connectivity index (χ3n) is 6.35. The van der Waals surface area contributed by atoms with Crippen molar-refractivity contribution in [2.24, 2.45) is 0 Å². The molecule has 2 aromatic carbocycles. The van der Waals surface area contributed by atoms with Gasteiger partial charge in [0.15, 0.2) is 11.5 Å². The van der Waals surface area contributed by atoms with E-state index in [0.29, 0.717) is 34.1 Å². The van der Waals surface area contributed by atoms with Crippen molar-refractivity contribution in [2.75, 3.05) is 17.2 Å². The van der Waals surface area contributed by atoms with Crippen LogP contribution >= 0.6 is 0 Å². The summed E-state index contributed by atoms with van der Waals surface area (Å²) in [5.41, 5.74) is 4.88. The van der Waals surface area contributed by atoms with Crippen LogP contribution in [0.5, 0.6) is 5.75 Å². The molecule has 0 saturated heterocycles. The van der Waals surface area contributed by atoms with Crippen LogP contribution in [0.25, 0.3) is 16.9 Å². The van der Waals surface area contributed by atoms with Crippen LogP contribution in [-0.2, 0) is 0 Å². The molecule has 5 rings (SSSR count). The van der Waals surface area contributed by atoms with Gasteiger partial charge in [-0.15, -0.1) is 5.10 Å². The highest BCUT2D eigenvalue weighted by molar-refractivity contribution is 5.96. The van der Waals surface area contributed by atoms with Crippen molar-refractivity contribution in [3.8, 4) is 17.0 Å². The molecule has 1 amide bonds. The Morgan fingerprint density at radius 2 is 1.87 bits per heavy atom. The molecule has 1 aliphatic carbocycles. The molecular weight excluding hydrogens is 497 g/mol. The van der Waals surface area contributed by atoms with E-state index in [1.807, 2.05) is 19.9 Å². The Morgan fingerprint density at radius 1 is 1.08 bits per heavy atom. The first kappa shape index (κ1) is 25.4. The molecule has 8 nitrogen and oxygen atoms in total. The van der Waals surface area contributed by atoms with Crippen molar-refractivity contribution >= 4 is 28.7 Å². The van der Waals surface area contributed by atoms with Crippen LogP contribution in [0.2, 0.25) is 0 Å². The number of imidazole rings is 1. The molecule has 0 spiro atoms. The first-order valence-electron chi connectivity index (χ1n) is 12.3. The summed E-state index contributed by atoms with van der Waals surface area (Å²) >= 11 is 0. The minimum Gasteiger partial charge on any atom is -0.508 e. The molecule has 4 N–H and O–H groups in total. The molecule has 0 bridgehead atoms. The fraction of sp³-hybridized carbons (Fsp3) is 0.296. The summed E-state index contributed by atoms with van der Waals surface area (Å²) < 4.78 is 40.0. The molecule has 0 atom stereocenters. The molecule has 2 heterocycles. The number of phenols is 1. The maximum Gasteiger partial charge on any atom is 0.390 e. The lowest BCUT2D eigenvalue weighted by Gasteiger charge is -2.14. The number of nitrogens with one attached hydrogen (secondary N) is 3. The molecule has 1 fully saturated rings. The zero-order valence-electron chi connectivity index (χ0n) is 20.9. The number of halogens is 3. The molecule has 11 heteroatoms. The van der Waals surface area contributed by atoms with Crippen LogP contribution in [0.1, 0.15) is 40.7 Å². The van der Waals surface area contributed by atoms with E-state index in [4.69, 9.17) is 0 Å². The second-order valence-electron chi connectivity index (χ2n) is 9.52. The number of carbonyl (C=O) groups is 1. The number of carbonyl (C=O) groups excluding carboxylic acids is 1. The predicted molar refractivity (Wildman–Crippen MR) is 139 cm³/mol. The first-order valence-corrected chi connectivity index (χ1v) is 12.3. The summed E-state index contributed by atoms with van der Waals surface area (Å²) in [4.78, 5) is 17.0. The summed E-state index contributed by atoms with van der Waals surface area (Å²) in [7, 11) is 0. The van der Waals surface area contributed by atoms with E-state index in [1.165, 1.54) is 0 Å². The maximum atomic E-state index is 12.8. The minimum atomic E-state index is -4.30. The lowest BCUT2D eigenvalue weighted by Crippen LogP contribution is -2.26. The highest BCUT2D eigenvalue weighted by atomic mass is 19.4. The molecule has 198 valence electrons. The number of benzene rings is 2. The normalized spacial score (nSPS) is 13.5. The Labute approximate surface area is 216 Å². The maximum absolute atomic E-state index is 12.8. The van der Waals surface area contributed by atoms with Crippen molar-refractivity contribution in [3.05, 3.63) is 65.4 Å². The smallest absolute Gasteiger partial charge is 0.390 e. The van der Waals surface area contributed by atoms with Crippen molar-refractivity contribution in [3.63, 3.8) is 0 Å². The van der Waals surface area contributed by atoms with Gasteiger partial charge < -0.3 is 21.1 Å². The van der Waals surface area contributed by atoms with Gasteiger partial charge in [-0.3, -0.25) is 4.79 Å². The molecule has 4 aromatic rings. The van der Waals surface area contributed by atoms with Gasteiger partial charge in [0.05, 0.1) is 24.0 Å². The van der Waals surface area contributed by atoms with E-state index in [9.17, 15) is 23.1 Å². The number of rotatable bonds is 8. The fourth-order valence-electron chi connectivity index (χ4n) is 4.15. The van der Waals surface area contributed by atoms with E-state index in [1.54, 1.807) is 47.1 Å². The highest BCUT2D eigenvalue weighted by Gasteiger charge is 2.27. The average Bonchev–Trinajstić information content (AvgIpc) is 3.55. The molecule has 0 aliphatic heterocycles. The second-order valence-corrected chi connectivity index (χ2v) is 9.52. The molecule has 38 heavy (non-hydrogen) atoms. The quantitative estimate of drug-likeness (QED) is 0.235. The van der Waals surface area contributed by atoms with Gasteiger partial charge in [0.25, 0.3) is 5.91 Å². The number of nitrogens with zero attached hydrogens (tertiary/aromatic N) is 3. The van der Waals surface area contributed by atoms with E-state index in [2.05, 4.69) is 26.0 Å². The number of anilines is 3. The van der Waals surface area contributed by atoms with Crippen molar-refractivity contribution < 1.29 is 23.1 Å². The fourth-order valence-corrected chi connectivity index (χ4v) is 4.15. The van der Waals surface area contributed by atoms with Crippen molar-refractivity contribution in [2.45, 2.75) is 45.3 Å². The van der Waals surface area contributed by atoms with Crippen LogP contribution in [-0.4, -0.2) is 44.4 Å². The standard InChI is InChI=1S/C27H27F3N6O2/c1-15-3-7-19(37)12-21(15)34-24-13-22(31-10-9-27(28,29)30)25-32-14-23(36(25)35-24)17-4-8-20(16(2)11-17)26(38)33-18-5-6-18/h3-4,7-8,11-14,18,31,37H,5-6,9-10H2,1-2H3,(H,33,38)(H,34,35). The lowest BCUT2D eigenvalue weighted by atomic mass is 10.0. The number of hydrogen-bond acceptors (Lipinski definition) is 6. The topological polar surface area (TPSA) is 104 Å². The zero-order valence-corrected chi connectivity index (χ0v) is 20.9. The Balaban J connectivity index is 1.53. The highest BCUT2D eigenvalue weighted by Crippen LogP contribution is 2.31. The Morgan fingerprint density at radius 3 is 2.58 bits per heavy atom. The number of aromatic nitrogens is 3. The van der Waals surface area contributed by atoms with Crippen LogP contribution in [0, 0.1) is 13.8 Å². The van der Waals surface area contributed by atoms with Gasteiger partial charge in [-0.2, -0.15) is 13.2 Å². The number of phenolic OH excluding ortho intramolecular Hbond substituents is 1. The second kappa shape index (κ2) is 9.88. The van der Waals surface area contributed by atoms with Crippen LogP contribution in [0.4, 0.5) is 30.4 Å². The molecular formula is C27H27F3N6O2. The number of fused-ring (bicyclic) bond motifs is 1. The third kappa shape index (κ3) is 5.66. The van der Waals surface area contributed by atoms with Gasteiger partial charge in [0.1, 0.15) is 5.75 Å². The third-order valence-corrected chi connectivity index (χ3v) is 6.35. The molecule has 0 radical (unpaired) electrons. The summed E-state index contributed by atoms with van der Waals surface area (Å²) in [6.07, 6.45) is -1.73. The van der Waals surface area contributed by atoms with Crippen molar-refractivity contribution in [1.29, 1.82) is 0 Å². The predicted octanol–water partition coefficient (Wildman–Crippen LogP) is 5.72. The monoisotopic (exact) mass is 524 g/mol. The molecule has 1 saturated carbocycles. The summed E-state index contributed by atoms with van der Waals surface area (Å²) in [6, 6.07) is 12.1.